The fourth-order valence-electron chi connectivity index (χ4n) is 0.698. The van der Waals surface area contributed by atoms with Gasteiger partial charge in [0.15, 0.2) is 0 Å². The zero-order valence-electron chi connectivity index (χ0n) is 8.52. The number of hydrogen-bond acceptors (Lipinski definition) is 2. The van der Waals surface area contributed by atoms with Crippen molar-refractivity contribution in [3.63, 3.8) is 0 Å². The van der Waals surface area contributed by atoms with Gasteiger partial charge < -0.3 is 0 Å². The van der Waals surface area contributed by atoms with Gasteiger partial charge in [0.05, 0.1) is 9.81 Å². The molecule has 0 saturated heterocycles. The first kappa shape index (κ1) is 13.4. The Labute approximate surface area is 91.2 Å². The number of sulfone groups is 1. The predicted molar refractivity (Wildman–Crippen MR) is 65.9 cm³/mol. The molecule has 2 nitrogen and oxygen atoms in total. The van der Waals surface area contributed by atoms with E-state index < -0.39 is 9.84 Å². The molecule has 0 amide bonds. The Morgan fingerprint density at radius 3 is 1.47 bits per heavy atom. The van der Waals surface area contributed by atoms with Crippen LogP contribution in [0.5, 0.6) is 0 Å². The molecule has 0 atom stereocenters. The summed E-state index contributed by atoms with van der Waals surface area (Å²) in [6, 6.07) is 0. The zero-order chi connectivity index (χ0) is 11.9. The van der Waals surface area contributed by atoms with E-state index in [0.717, 1.165) is 0 Å². The van der Waals surface area contributed by atoms with Crippen LogP contribution >= 0.6 is 0 Å². The van der Waals surface area contributed by atoms with Crippen molar-refractivity contribution in [2.24, 2.45) is 0 Å². The largest absolute Gasteiger partial charge is 0.219 e. The molecular formula is C12H14O2S. The lowest BCUT2D eigenvalue weighted by Crippen LogP contribution is -2.02. The summed E-state index contributed by atoms with van der Waals surface area (Å²) in [5.74, 6) is 0. The standard InChI is InChI=1S/C12H14O2S/c1-5-7-9-11(3)15(13,14)12(4)10-8-6-2/h5-10H,1-4H2/b9-7-,10-8-. The Kier molecular flexibility index (Phi) is 5.34. The highest BCUT2D eigenvalue weighted by Crippen LogP contribution is 2.16. The van der Waals surface area contributed by atoms with Crippen LogP contribution in [-0.2, 0) is 9.84 Å². The van der Waals surface area contributed by atoms with Crippen LogP contribution in [0.4, 0.5) is 0 Å². The fraction of sp³-hybridized carbons (Fsp3) is 0. The van der Waals surface area contributed by atoms with E-state index in [2.05, 4.69) is 26.3 Å². The Bertz CT molecular complexity index is 398. The summed E-state index contributed by atoms with van der Waals surface area (Å²) < 4.78 is 23.3. The highest BCUT2D eigenvalue weighted by molar-refractivity contribution is 7.99. The Balaban J connectivity index is 4.99. The maximum absolute atomic E-state index is 11.7. The summed E-state index contributed by atoms with van der Waals surface area (Å²) in [5, 5.41) is 0. The van der Waals surface area contributed by atoms with E-state index in [-0.39, 0.29) is 9.81 Å². The molecule has 0 aliphatic rings. The Morgan fingerprint density at radius 1 is 0.867 bits per heavy atom. The van der Waals surface area contributed by atoms with Crippen LogP contribution in [0.15, 0.2) is 72.6 Å². The first-order valence-corrected chi connectivity index (χ1v) is 5.66. The van der Waals surface area contributed by atoms with Gasteiger partial charge in [-0.15, -0.1) is 0 Å². The molecule has 3 heteroatoms. The van der Waals surface area contributed by atoms with Gasteiger partial charge in [-0.25, -0.2) is 8.42 Å². The minimum Gasteiger partial charge on any atom is -0.219 e. The minimum absolute atomic E-state index is 0.0129. The van der Waals surface area contributed by atoms with Crippen molar-refractivity contribution in [2.45, 2.75) is 0 Å². The SMILES string of the molecule is C=C/C=C\C(=C)S(=O)(=O)C(=C)/C=C\C=C. The summed E-state index contributed by atoms with van der Waals surface area (Å²) in [5.41, 5.74) is 0. The highest BCUT2D eigenvalue weighted by atomic mass is 32.2. The molecule has 0 saturated carbocycles. The molecule has 15 heavy (non-hydrogen) atoms. The van der Waals surface area contributed by atoms with Gasteiger partial charge in [-0.05, 0) is 12.2 Å². The van der Waals surface area contributed by atoms with Gasteiger partial charge >= 0.3 is 0 Å². The molecule has 0 aromatic rings. The number of allylic oxidation sites excluding steroid dienone is 6. The molecule has 0 fully saturated rings. The molecule has 0 aliphatic heterocycles. The monoisotopic (exact) mass is 222 g/mol. The summed E-state index contributed by atoms with van der Waals surface area (Å²) in [4.78, 5) is -0.0257. The highest BCUT2D eigenvalue weighted by Gasteiger charge is 2.15. The molecule has 0 spiro atoms. The molecule has 0 heterocycles. The van der Waals surface area contributed by atoms with Gasteiger partial charge in [0.25, 0.3) is 0 Å². The average molecular weight is 222 g/mol. The van der Waals surface area contributed by atoms with Crippen LogP contribution in [0.3, 0.4) is 0 Å². The van der Waals surface area contributed by atoms with Crippen molar-refractivity contribution < 1.29 is 8.42 Å². The van der Waals surface area contributed by atoms with Crippen LogP contribution in [0, 0.1) is 0 Å². The van der Waals surface area contributed by atoms with E-state index in [0.29, 0.717) is 0 Å². The quantitative estimate of drug-likeness (QED) is 0.647. The van der Waals surface area contributed by atoms with Crippen LogP contribution in [0.25, 0.3) is 0 Å². The van der Waals surface area contributed by atoms with Crippen LogP contribution < -0.4 is 0 Å². The van der Waals surface area contributed by atoms with E-state index in [1.807, 2.05) is 0 Å². The number of hydrogen-bond donors (Lipinski definition) is 0. The molecule has 0 aromatic carbocycles. The zero-order valence-corrected chi connectivity index (χ0v) is 9.33. The third kappa shape index (κ3) is 3.95. The van der Waals surface area contributed by atoms with E-state index in [9.17, 15) is 8.42 Å². The molecule has 80 valence electrons. The third-order valence-corrected chi connectivity index (χ3v) is 3.18. The minimum atomic E-state index is -3.54. The molecule has 0 aliphatic carbocycles. The predicted octanol–water partition coefficient (Wildman–Crippen LogP) is 2.91. The summed E-state index contributed by atoms with van der Waals surface area (Å²) >= 11 is 0. The molecule has 0 bridgehead atoms. The molecule has 0 N–H and O–H groups in total. The van der Waals surface area contributed by atoms with Crippen molar-refractivity contribution in [2.75, 3.05) is 0 Å². The van der Waals surface area contributed by atoms with Crippen LogP contribution in [0.2, 0.25) is 0 Å². The van der Waals surface area contributed by atoms with Gasteiger partial charge in [0, 0.05) is 0 Å². The fourth-order valence-corrected chi connectivity index (χ4v) is 1.55. The van der Waals surface area contributed by atoms with Gasteiger partial charge in [-0.1, -0.05) is 50.6 Å². The van der Waals surface area contributed by atoms with E-state index in [4.69, 9.17) is 0 Å². The van der Waals surface area contributed by atoms with Gasteiger partial charge in [-0.2, -0.15) is 0 Å². The van der Waals surface area contributed by atoms with Gasteiger partial charge in [0.2, 0.25) is 9.84 Å². The lowest BCUT2D eigenvalue weighted by atomic mass is 10.5. The topological polar surface area (TPSA) is 34.1 Å². The summed E-state index contributed by atoms with van der Waals surface area (Å²) in [6.07, 6.45) is 8.70. The van der Waals surface area contributed by atoms with E-state index >= 15 is 0 Å². The second-order valence-corrected chi connectivity index (χ2v) is 4.68. The maximum Gasteiger partial charge on any atom is 0.205 e. The first-order chi connectivity index (χ1) is 6.96. The normalized spacial score (nSPS) is 11.7. The van der Waals surface area contributed by atoms with Crippen molar-refractivity contribution >= 4 is 9.84 Å². The summed E-state index contributed by atoms with van der Waals surface area (Å²) in [6.45, 7) is 13.8. The molecule has 0 aromatic heterocycles. The van der Waals surface area contributed by atoms with E-state index in [1.54, 1.807) is 0 Å². The summed E-state index contributed by atoms with van der Waals surface area (Å²) in [7, 11) is -3.54. The molecule has 0 radical (unpaired) electrons. The van der Waals surface area contributed by atoms with Gasteiger partial charge in [0.1, 0.15) is 0 Å². The lowest BCUT2D eigenvalue weighted by molar-refractivity contribution is 0.609. The third-order valence-electron chi connectivity index (χ3n) is 1.53. The van der Waals surface area contributed by atoms with Crippen molar-refractivity contribution in [3.8, 4) is 0 Å². The Hall–Kier alpha value is -1.61. The molecule has 0 unspecified atom stereocenters. The van der Waals surface area contributed by atoms with Crippen molar-refractivity contribution in [3.05, 3.63) is 72.6 Å². The lowest BCUT2D eigenvalue weighted by Gasteiger charge is -2.02. The van der Waals surface area contributed by atoms with Crippen molar-refractivity contribution in [1.82, 2.24) is 0 Å². The first-order valence-electron chi connectivity index (χ1n) is 4.18. The van der Waals surface area contributed by atoms with Crippen molar-refractivity contribution in [1.29, 1.82) is 0 Å². The second-order valence-electron chi connectivity index (χ2n) is 2.63. The number of rotatable bonds is 6. The van der Waals surface area contributed by atoms with Gasteiger partial charge in [-0.3, -0.25) is 0 Å². The smallest absolute Gasteiger partial charge is 0.205 e. The maximum atomic E-state index is 11.7. The van der Waals surface area contributed by atoms with Crippen LogP contribution in [0.1, 0.15) is 0 Å². The van der Waals surface area contributed by atoms with Crippen LogP contribution in [-0.4, -0.2) is 8.42 Å². The Morgan fingerprint density at radius 2 is 1.20 bits per heavy atom. The molecule has 0 rings (SSSR count). The molecular weight excluding hydrogens is 208 g/mol. The average Bonchev–Trinajstić information content (AvgIpc) is 2.21. The van der Waals surface area contributed by atoms with E-state index in [1.165, 1.54) is 36.5 Å². The second kappa shape index (κ2) is 5.98.